The van der Waals surface area contributed by atoms with Crippen molar-refractivity contribution in [1.82, 2.24) is 19.5 Å². The van der Waals surface area contributed by atoms with E-state index in [0.29, 0.717) is 17.5 Å². The molecule has 3 heterocycles. The van der Waals surface area contributed by atoms with Crippen LogP contribution in [0.3, 0.4) is 0 Å². The molecule has 0 N–H and O–H groups in total. The number of aromatic nitrogens is 4. The smallest absolute Gasteiger partial charge is 0.164 e. The molecule has 0 aliphatic rings. The van der Waals surface area contributed by atoms with E-state index in [1.807, 2.05) is 109 Å². The van der Waals surface area contributed by atoms with E-state index < -0.39 is 0 Å². The quantitative estimate of drug-likeness (QED) is 0.163. The molecule has 6 heteroatoms. The molecule has 11 rings (SSSR count). The molecule has 0 atom stereocenters. The zero-order chi connectivity index (χ0) is 37.7. The van der Waals surface area contributed by atoms with Gasteiger partial charge in [-0.25, -0.2) is 15.0 Å². The Hall–Kier alpha value is -7.83. The van der Waals surface area contributed by atoms with Crippen molar-refractivity contribution in [2.45, 2.75) is 0 Å². The number of para-hydroxylation sites is 3. The minimum atomic E-state index is 0.600. The maximum absolute atomic E-state index is 6.41. The molecule has 0 aliphatic heterocycles. The van der Waals surface area contributed by atoms with E-state index in [-0.39, 0.29) is 0 Å². The first kappa shape index (κ1) is 32.6. The van der Waals surface area contributed by atoms with Crippen molar-refractivity contribution < 1.29 is 9.15 Å². The second-order valence-electron chi connectivity index (χ2n) is 14.0. The SMILES string of the molecule is c1ccc(-c2nc(-c3ccccc3)nc(-c3ccc(Oc4ccc(-n5c6ccccc6c6cc(-c7cccc8c7oc7ccccc78)ccc65)cc4)cc3)n2)cc1. The average molecular weight is 733 g/mol. The van der Waals surface area contributed by atoms with Crippen LogP contribution in [0.25, 0.3) is 94.7 Å². The second-order valence-corrected chi connectivity index (χ2v) is 14.0. The van der Waals surface area contributed by atoms with Crippen molar-refractivity contribution in [1.29, 1.82) is 0 Å². The van der Waals surface area contributed by atoms with Gasteiger partial charge >= 0.3 is 0 Å². The van der Waals surface area contributed by atoms with Crippen molar-refractivity contribution in [2.75, 3.05) is 0 Å². The number of furan rings is 1. The molecule has 0 bridgehead atoms. The fourth-order valence-corrected chi connectivity index (χ4v) is 7.80. The molecule has 0 unspecified atom stereocenters. The summed E-state index contributed by atoms with van der Waals surface area (Å²) in [5, 5.41) is 4.63. The van der Waals surface area contributed by atoms with E-state index in [1.165, 1.54) is 10.8 Å². The van der Waals surface area contributed by atoms with Crippen LogP contribution in [-0.2, 0) is 0 Å². The van der Waals surface area contributed by atoms with Gasteiger partial charge in [0.05, 0.1) is 11.0 Å². The molecule has 0 saturated carbocycles. The highest BCUT2D eigenvalue weighted by Gasteiger charge is 2.17. The minimum absolute atomic E-state index is 0.600. The fourth-order valence-electron chi connectivity index (χ4n) is 7.80. The van der Waals surface area contributed by atoms with Crippen LogP contribution in [0, 0.1) is 0 Å². The average Bonchev–Trinajstić information content (AvgIpc) is 3.83. The monoisotopic (exact) mass is 732 g/mol. The van der Waals surface area contributed by atoms with Crippen LogP contribution >= 0.6 is 0 Å². The van der Waals surface area contributed by atoms with Crippen LogP contribution in [0.2, 0.25) is 0 Å². The highest BCUT2D eigenvalue weighted by molar-refractivity contribution is 6.13. The van der Waals surface area contributed by atoms with Crippen LogP contribution < -0.4 is 4.74 Å². The molecule has 6 nitrogen and oxygen atoms in total. The Kier molecular flexibility index (Phi) is 7.71. The molecule has 0 amide bonds. The van der Waals surface area contributed by atoms with Gasteiger partial charge in [-0.3, -0.25) is 0 Å². The summed E-state index contributed by atoms with van der Waals surface area (Å²) in [5.41, 5.74) is 10.1. The number of hydrogen-bond acceptors (Lipinski definition) is 5. The predicted molar refractivity (Wildman–Crippen MR) is 230 cm³/mol. The van der Waals surface area contributed by atoms with Crippen molar-refractivity contribution in [3.63, 3.8) is 0 Å². The zero-order valence-corrected chi connectivity index (χ0v) is 30.6. The van der Waals surface area contributed by atoms with Crippen LogP contribution in [0.15, 0.2) is 199 Å². The normalized spacial score (nSPS) is 11.5. The Morgan fingerprint density at radius 3 is 1.60 bits per heavy atom. The summed E-state index contributed by atoms with van der Waals surface area (Å²) in [6, 6.07) is 66.0. The van der Waals surface area contributed by atoms with Gasteiger partial charge < -0.3 is 13.7 Å². The Morgan fingerprint density at radius 2 is 0.912 bits per heavy atom. The molecule has 0 aliphatic carbocycles. The van der Waals surface area contributed by atoms with Gasteiger partial charge in [-0.05, 0) is 78.4 Å². The van der Waals surface area contributed by atoms with Gasteiger partial charge in [-0.1, -0.05) is 121 Å². The third-order valence-corrected chi connectivity index (χ3v) is 10.5. The van der Waals surface area contributed by atoms with E-state index >= 15 is 0 Å². The van der Waals surface area contributed by atoms with Crippen molar-refractivity contribution in [3.8, 4) is 62.5 Å². The van der Waals surface area contributed by atoms with Gasteiger partial charge in [0.2, 0.25) is 0 Å². The molecular formula is C51H32N4O2. The summed E-state index contributed by atoms with van der Waals surface area (Å²) in [6.07, 6.45) is 0. The molecule has 3 aromatic heterocycles. The van der Waals surface area contributed by atoms with Crippen molar-refractivity contribution in [3.05, 3.63) is 194 Å². The summed E-state index contributed by atoms with van der Waals surface area (Å²) in [4.78, 5) is 14.5. The molecule has 8 aromatic carbocycles. The molecule has 0 radical (unpaired) electrons. The summed E-state index contributed by atoms with van der Waals surface area (Å²) in [5.74, 6) is 3.32. The van der Waals surface area contributed by atoms with Gasteiger partial charge in [-0.2, -0.15) is 0 Å². The summed E-state index contributed by atoms with van der Waals surface area (Å²) >= 11 is 0. The van der Waals surface area contributed by atoms with Crippen molar-refractivity contribution >= 4 is 43.7 Å². The number of hydrogen-bond donors (Lipinski definition) is 0. The number of fused-ring (bicyclic) bond motifs is 6. The lowest BCUT2D eigenvalue weighted by Crippen LogP contribution is -2.00. The predicted octanol–water partition coefficient (Wildman–Crippen LogP) is 13.3. The molecule has 0 fully saturated rings. The maximum atomic E-state index is 6.41. The molecule has 0 saturated heterocycles. The molecular weight excluding hydrogens is 701 g/mol. The van der Waals surface area contributed by atoms with Gasteiger partial charge in [0.1, 0.15) is 22.7 Å². The Labute approximate surface area is 327 Å². The Bertz CT molecular complexity index is 3190. The highest BCUT2D eigenvalue weighted by atomic mass is 16.5. The topological polar surface area (TPSA) is 66.0 Å². The number of ether oxygens (including phenoxy) is 1. The summed E-state index contributed by atoms with van der Waals surface area (Å²) in [6.45, 7) is 0. The van der Waals surface area contributed by atoms with Gasteiger partial charge in [0, 0.05) is 49.5 Å². The molecule has 0 spiro atoms. The second kappa shape index (κ2) is 13.5. The summed E-state index contributed by atoms with van der Waals surface area (Å²) < 4.78 is 15.1. The first-order chi connectivity index (χ1) is 28.2. The van der Waals surface area contributed by atoms with Gasteiger partial charge in [-0.15, -0.1) is 0 Å². The Balaban J connectivity index is 0.897. The zero-order valence-electron chi connectivity index (χ0n) is 30.6. The third-order valence-electron chi connectivity index (χ3n) is 10.5. The minimum Gasteiger partial charge on any atom is -0.457 e. The largest absolute Gasteiger partial charge is 0.457 e. The van der Waals surface area contributed by atoms with Crippen LogP contribution in [0.1, 0.15) is 0 Å². The van der Waals surface area contributed by atoms with E-state index in [4.69, 9.17) is 24.1 Å². The highest BCUT2D eigenvalue weighted by Crippen LogP contribution is 2.39. The lowest BCUT2D eigenvalue weighted by atomic mass is 10.0. The van der Waals surface area contributed by atoms with Crippen LogP contribution in [0.4, 0.5) is 0 Å². The van der Waals surface area contributed by atoms with Gasteiger partial charge in [0.25, 0.3) is 0 Å². The Morgan fingerprint density at radius 1 is 0.386 bits per heavy atom. The fraction of sp³-hybridized carbons (Fsp3) is 0. The number of nitrogens with zero attached hydrogens (tertiary/aromatic N) is 4. The molecule has 268 valence electrons. The van der Waals surface area contributed by atoms with E-state index in [0.717, 1.165) is 78.0 Å². The standard InChI is InChI=1S/C51H32N4O2/c1-3-12-33(13-4-1)49-52-50(34-14-5-2-6-15-34)54-51(53-49)35-22-27-38(28-23-35)56-39-29-25-37(26-30-39)55-45-20-9-7-16-41(45)44-32-36(24-31-46(44)55)40-18-11-19-43-42-17-8-10-21-47(42)57-48(40)43/h1-32H. The maximum Gasteiger partial charge on any atom is 0.164 e. The summed E-state index contributed by atoms with van der Waals surface area (Å²) in [7, 11) is 0. The number of rotatable bonds is 7. The lowest BCUT2D eigenvalue weighted by molar-refractivity contribution is 0.482. The van der Waals surface area contributed by atoms with Crippen LogP contribution in [-0.4, -0.2) is 19.5 Å². The van der Waals surface area contributed by atoms with Crippen LogP contribution in [0.5, 0.6) is 11.5 Å². The number of benzene rings is 8. The van der Waals surface area contributed by atoms with Crippen molar-refractivity contribution in [2.24, 2.45) is 0 Å². The third kappa shape index (κ3) is 5.79. The van der Waals surface area contributed by atoms with Gasteiger partial charge in [0.15, 0.2) is 17.5 Å². The first-order valence-corrected chi connectivity index (χ1v) is 18.9. The van der Waals surface area contributed by atoms with E-state index in [9.17, 15) is 0 Å². The molecule has 57 heavy (non-hydrogen) atoms. The van der Waals surface area contributed by atoms with E-state index in [2.05, 4.69) is 89.5 Å². The molecule has 11 aromatic rings. The lowest BCUT2D eigenvalue weighted by Gasteiger charge is -2.11. The van der Waals surface area contributed by atoms with E-state index in [1.54, 1.807) is 0 Å². The first-order valence-electron chi connectivity index (χ1n) is 18.9.